The lowest BCUT2D eigenvalue weighted by Gasteiger charge is -2.12. The molecular weight excluding hydrogens is 288 g/mol. The first-order chi connectivity index (χ1) is 7.79. The molecule has 2 aromatic heterocycles. The largest absolute Gasteiger partial charge is 0.311 e. The highest BCUT2D eigenvalue weighted by Crippen LogP contribution is 2.16. The Morgan fingerprint density at radius 1 is 1.44 bits per heavy atom. The first-order valence-electron chi connectivity index (χ1n) is 4.84. The van der Waals surface area contributed by atoms with E-state index in [1.54, 1.807) is 12.4 Å². The summed E-state index contributed by atoms with van der Waals surface area (Å²) in [6.07, 6.45) is 4.42. The number of rotatable bonds is 4. The molecular formula is C10H11BrN4S. The Bertz CT molecular complexity index is 429. The van der Waals surface area contributed by atoms with Crippen molar-refractivity contribution in [3.8, 4) is 0 Å². The summed E-state index contributed by atoms with van der Waals surface area (Å²) in [7, 11) is 1.92. The summed E-state index contributed by atoms with van der Waals surface area (Å²) in [5.74, 6) is 0. The van der Waals surface area contributed by atoms with Crippen LogP contribution in [-0.2, 0) is 6.42 Å². The minimum atomic E-state index is 0.174. The zero-order valence-corrected chi connectivity index (χ0v) is 11.1. The Labute approximate surface area is 107 Å². The van der Waals surface area contributed by atoms with Gasteiger partial charge in [0.2, 0.25) is 0 Å². The van der Waals surface area contributed by atoms with Gasteiger partial charge in [-0.15, -0.1) is 0 Å². The van der Waals surface area contributed by atoms with Crippen LogP contribution >= 0.6 is 27.7 Å². The summed E-state index contributed by atoms with van der Waals surface area (Å²) in [5, 5.41) is 3.22. The predicted molar refractivity (Wildman–Crippen MR) is 67.4 cm³/mol. The van der Waals surface area contributed by atoms with Crippen LogP contribution in [0.25, 0.3) is 0 Å². The van der Waals surface area contributed by atoms with Crippen molar-refractivity contribution in [2.75, 3.05) is 7.05 Å². The molecule has 0 spiro atoms. The first kappa shape index (κ1) is 11.6. The number of nitrogens with one attached hydrogen (secondary N) is 1. The molecule has 6 heteroatoms. The van der Waals surface area contributed by atoms with Crippen molar-refractivity contribution in [3.63, 3.8) is 0 Å². The van der Waals surface area contributed by atoms with E-state index < -0.39 is 0 Å². The number of hydrogen-bond donors (Lipinski definition) is 1. The van der Waals surface area contributed by atoms with Crippen LogP contribution in [0, 0.1) is 0 Å². The Hall–Kier alpha value is -0.850. The third-order valence-corrected chi connectivity index (χ3v) is 3.25. The molecule has 1 unspecified atom stereocenters. The molecule has 0 aliphatic carbocycles. The van der Waals surface area contributed by atoms with Gasteiger partial charge in [-0.25, -0.2) is 0 Å². The van der Waals surface area contributed by atoms with Gasteiger partial charge in [0.25, 0.3) is 0 Å². The molecule has 0 radical (unpaired) electrons. The van der Waals surface area contributed by atoms with Crippen LogP contribution in [-0.4, -0.2) is 20.8 Å². The minimum Gasteiger partial charge on any atom is -0.311 e. The molecule has 2 heterocycles. The van der Waals surface area contributed by atoms with E-state index in [2.05, 4.69) is 35.0 Å². The molecule has 0 fully saturated rings. The molecule has 2 rings (SSSR count). The fourth-order valence-corrected chi connectivity index (χ4v) is 2.12. The van der Waals surface area contributed by atoms with Crippen LogP contribution in [0.4, 0.5) is 0 Å². The highest BCUT2D eigenvalue weighted by atomic mass is 79.9. The fraction of sp³-hybridized carbons (Fsp3) is 0.300. The third-order valence-electron chi connectivity index (χ3n) is 2.29. The molecule has 4 nitrogen and oxygen atoms in total. The maximum Gasteiger partial charge on any atom is 0.0916 e. The number of pyridine rings is 1. The summed E-state index contributed by atoms with van der Waals surface area (Å²) in [6.45, 7) is 0. The summed E-state index contributed by atoms with van der Waals surface area (Å²) in [4.78, 5) is 4.34. The lowest BCUT2D eigenvalue weighted by atomic mass is 10.1. The summed E-state index contributed by atoms with van der Waals surface area (Å²) >= 11 is 4.60. The molecule has 1 N–H and O–H groups in total. The van der Waals surface area contributed by atoms with Gasteiger partial charge in [0, 0.05) is 22.8 Å². The minimum absolute atomic E-state index is 0.174. The van der Waals surface area contributed by atoms with Crippen molar-refractivity contribution in [1.29, 1.82) is 0 Å². The van der Waals surface area contributed by atoms with Crippen molar-refractivity contribution >= 4 is 27.7 Å². The van der Waals surface area contributed by atoms with E-state index in [0.717, 1.165) is 22.3 Å². The van der Waals surface area contributed by atoms with Gasteiger partial charge in [-0.1, -0.05) is 0 Å². The second-order valence-corrected chi connectivity index (χ2v) is 4.82. The van der Waals surface area contributed by atoms with Gasteiger partial charge in [0.1, 0.15) is 0 Å². The van der Waals surface area contributed by atoms with Gasteiger partial charge in [0.05, 0.1) is 29.7 Å². The Balaban J connectivity index is 2.10. The molecule has 16 heavy (non-hydrogen) atoms. The van der Waals surface area contributed by atoms with Crippen molar-refractivity contribution in [2.24, 2.45) is 0 Å². The average Bonchev–Trinajstić information content (AvgIpc) is 2.82. The fourth-order valence-electron chi connectivity index (χ4n) is 1.42. The molecule has 0 saturated carbocycles. The van der Waals surface area contributed by atoms with Crippen LogP contribution in [0.3, 0.4) is 0 Å². The number of likely N-dealkylation sites (N-methyl/N-ethyl adjacent to an activating group) is 1. The van der Waals surface area contributed by atoms with Crippen LogP contribution in [0.1, 0.15) is 17.4 Å². The molecule has 1 atom stereocenters. The Morgan fingerprint density at radius 3 is 2.88 bits per heavy atom. The van der Waals surface area contributed by atoms with Crippen molar-refractivity contribution in [1.82, 2.24) is 19.0 Å². The summed E-state index contributed by atoms with van der Waals surface area (Å²) in [5.41, 5.74) is 2.01. The van der Waals surface area contributed by atoms with Crippen LogP contribution in [0.15, 0.2) is 29.0 Å². The molecule has 84 valence electrons. The van der Waals surface area contributed by atoms with Gasteiger partial charge < -0.3 is 5.32 Å². The van der Waals surface area contributed by atoms with E-state index in [9.17, 15) is 0 Å². The van der Waals surface area contributed by atoms with Gasteiger partial charge in [-0.05, 0) is 35.1 Å². The van der Waals surface area contributed by atoms with Gasteiger partial charge >= 0.3 is 0 Å². The molecule has 0 aliphatic heterocycles. The van der Waals surface area contributed by atoms with Crippen LogP contribution in [0.5, 0.6) is 0 Å². The Morgan fingerprint density at radius 2 is 2.31 bits per heavy atom. The lowest BCUT2D eigenvalue weighted by molar-refractivity contribution is 0.573. The van der Waals surface area contributed by atoms with Crippen molar-refractivity contribution in [3.05, 3.63) is 40.4 Å². The molecule has 0 amide bonds. The van der Waals surface area contributed by atoms with Crippen molar-refractivity contribution < 1.29 is 0 Å². The maximum atomic E-state index is 4.34. The van der Waals surface area contributed by atoms with E-state index >= 15 is 0 Å². The number of halogens is 1. The SMILES string of the molecule is CNC(Cc1ccc(Br)cn1)c1cnsn1. The molecule has 0 aromatic carbocycles. The smallest absolute Gasteiger partial charge is 0.0916 e. The summed E-state index contributed by atoms with van der Waals surface area (Å²) in [6, 6.07) is 4.18. The predicted octanol–water partition coefficient (Wildman–Crippen LogP) is 2.20. The first-order valence-corrected chi connectivity index (χ1v) is 6.37. The van der Waals surface area contributed by atoms with Crippen LogP contribution < -0.4 is 5.32 Å². The van der Waals surface area contributed by atoms with Crippen molar-refractivity contribution in [2.45, 2.75) is 12.5 Å². The number of hydrogen-bond acceptors (Lipinski definition) is 5. The number of aromatic nitrogens is 3. The second-order valence-electron chi connectivity index (χ2n) is 3.35. The zero-order valence-electron chi connectivity index (χ0n) is 8.72. The molecule has 0 aliphatic rings. The van der Waals surface area contributed by atoms with Gasteiger partial charge in [-0.3, -0.25) is 4.98 Å². The van der Waals surface area contributed by atoms with E-state index in [-0.39, 0.29) is 6.04 Å². The zero-order chi connectivity index (χ0) is 11.4. The van der Waals surface area contributed by atoms with E-state index in [1.807, 2.05) is 19.2 Å². The third kappa shape index (κ3) is 2.84. The summed E-state index contributed by atoms with van der Waals surface area (Å²) < 4.78 is 9.23. The normalized spacial score (nSPS) is 12.6. The molecule has 2 aromatic rings. The van der Waals surface area contributed by atoms with Crippen LogP contribution in [0.2, 0.25) is 0 Å². The molecule has 0 bridgehead atoms. The van der Waals surface area contributed by atoms with E-state index in [4.69, 9.17) is 0 Å². The van der Waals surface area contributed by atoms with E-state index in [0.29, 0.717) is 0 Å². The Kier molecular flexibility index (Phi) is 3.98. The maximum absolute atomic E-state index is 4.34. The monoisotopic (exact) mass is 298 g/mol. The average molecular weight is 299 g/mol. The van der Waals surface area contributed by atoms with Gasteiger partial charge in [0.15, 0.2) is 0 Å². The number of nitrogens with zero attached hydrogens (tertiary/aromatic N) is 3. The topological polar surface area (TPSA) is 50.7 Å². The lowest BCUT2D eigenvalue weighted by Crippen LogP contribution is -2.19. The van der Waals surface area contributed by atoms with Gasteiger partial charge in [-0.2, -0.15) is 8.75 Å². The highest BCUT2D eigenvalue weighted by molar-refractivity contribution is 9.10. The second kappa shape index (κ2) is 5.47. The van der Waals surface area contributed by atoms with E-state index in [1.165, 1.54) is 11.7 Å². The standard InChI is InChI=1S/C10H11BrN4S/c1-12-9(10-6-14-16-15-10)4-8-3-2-7(11)5-13-8/h2-3,5-6,9,12H,4H2,1H3. The molecule has 0 saturated heterocycles. The quantitative estimate of drug-likeness (QED) is 0.940. The highest BCUT2D eigenvalue weighted by Gasteiger charge is 2.13.